The van der Waals surface area contributed by atoms with Gasteiger partial charge < -0.3 is 10.5 Å². The molecule has 0 aromatic heterocycles. The van der Waals surface area contributed by atoms with Crippen LogP contribution in [0.1, 0.15) is 30.4 Å². The Bertz CT molecular complexity index is 552. The van der Waals surface area contributed by atoms with E-state index < -0.39 is 10.0 Å². The van der Waals surface area contributed by atoms with Gasteiger partial charge in [0.15, 0.2) is 0 Å². The monoisotopic (exact) mass is 298 g/mol. The Morgan fingerprint density at radius 3 is 2.90 bits per heavy atom. The molecule has 0 aliphatic carbocycles. The Morgan fingerprint density at radius 1 is 1.45 bits per heavy atom. The highest BCUT2D eigenvalue weighted by atomic mass is 32.2. The molecular formula is C14H22N2O3S. The summed E-state index contributed by atoms with van der Waals surface area (Å²) in [7, 11) is -3.48. The maximum Gasteiger partial charge on any atom is 0.240 e. The Kier molecular flexibility index (Phi) is 5.15. The van der Waals surface area contributed by atoms with E-state index in [-0.39, 0.29) is 6.10 Å². The Hall–Kier alpha value is -0.950. The van der Waals surface area contributed by atoms with Crippen molar-refractivity contribution in [2.24, 2.45) is 5.73 Å². The molecule has 1 unspecified atom stereocenters. The molecule has 1 aromatic rings. The zero-order valence-corrected chi connectivity index (χ0v) is 12.6. The molecule has 1 aliphatic rings. The molecule has 1 aliphatic heterocycles. The third-order valence-electron chi connectivity index (χ3n) is 3.69. The van der Waals surface area contributed by atoms with Crippen LogP contribution < -0.4 is 10.5 Å². The van der Waals surface area contributed by atoms with E-state index in [0.717, 1.165) is 37.0 Å². The second-order valence-corrected chi connectivity index (χ2v) is 6.80. The normalized spacial score (nSPS) is 19.4. The molecule has 6 heteroatoms. The van der Waals surface area contributed by atoms with Gasteiger partial charge in [0.1, 0.15) is 0 Å². The van der Waals surface area contributed by atoms with Gasteiger partial charge in [0, 0.05) is 19.7 Å². The van der Waals surface area contributed by atoms with Gasteiger partial charge in [0.25, 0.3) is 0 Å². The SMILES string of the molecule is Cc1c(CN)cccc1S(=O)(=O)NCCC1CCCO1. The van der Waals surface area contributed by atoms with Crippen LogP contribution in [0.25, 0.3) is 0 Å². The van der Waals surface area contributed by atoms with Crippen molar-refractivity contribution in [3.8, 4) is 0 Å². The first-order valence-corrected chi connectivity index (χ1v) is 8.42. The van der Waals surface area contributed by atoms with Crippen molar-refractivity contribution >= 4 is 10.0 Å². The molecule has 0 saturated carbocycles. The average molecular weight is 298 g/mol. The molecule has 0 radical (unpaired) electrons. The lowest BCUT2D eigenvalue weighted by molar-refractivity contribution is 0.105. The first-order valence-electron chi connectivity index (χ1n) is 6.94. The Balaban J connectivity index is 2.02. The smallest absolute Gasteiger partial charge is 0.240 e. The van der Waals surface area contributed by atoms with Gasteiger partial charge in [-0.1, -0.05) is 12.1 Å². The van der Waals surface area contributed by atoms with Gasteiger partial charge in [0.2, 0.25) is 10.0 Å². The summed E-state index contributed by atoms with van der Waals surface area (Å²) < 4.78 is 32.7. The van der Waals surface area contributed by atoms with Crippen LogP contribution in [0.2, 0.25) is 0 Å². The second kappa shape index (κ2) is 6.67. The van der Waals surface area contributed by atoms with Crippen molar-refractivity contribution in [3.63, 3.8) is 0 Å². The zero-order valence-electron chi connectivity index (χ0n) is 11.8. The molecule has 0 spiro atoms. The van der Waals surface area contributed by atoms with E-state index in [1.54, 1.807) is 19.1 Å². The highest BCUT2D eigenvalue weighted by molar-refractivity contribution is 7.89. The quantitative estimate of drug-likeness (QED) is 0.829. The highest BCUT2D eigenvalue weighted by Crippen LogP contribution is 2.19. The largest absolute Gasteiger partial charge is 0.378 e. The number of sulfonamides is 1. The number of hydrogen-bond donors (Lipinski definition) is 2. The minimum absolute atomic E-state index is 0.189. The minimum atomic E-state index is -3.48. The maximum absolute atomic E-state index is 12.3. The van der Waals surface area contributed by atoms with Crippen LogP contribution in [0.4, 0.5) is 0 Å². The van der Waals surface area contributed by atoms with Crippen molar-refractivity contribution in [3.05, 3.63) is 29.3 Å². The topological polar surface area (TPSA) is 81.4 Å². The Labute approximate surface area is 120 Å². The number of ether oxygens (including phenoxy) is 1. The van der Waals surface area contributed by atoms with Crippen LogP contribution in [-0.4, -0.2) is 27.7 Å². The predicted molar refractivity (Wildman–Crippen MR) is 77.8 cm³/mol. The number of nitrogens with one attached hydrogen (secondary N) is 1. The summed E-state index contributed by atoms with van der Waals surface area (Å²) in [6.45, 7) is 3.32. The number of nitrogens with two attached hydrogens (primary N) is 1. The van der Waals surface area contributed by atoms with Gasteiger partial charge in [-0.3, -0.25) is 0 Å². The maximum atomic E-state index is 12.3. The van der Waals surface area contributed by atoms with Gasteiger partial charge in [0.05, 0.1) is 11.0 Å². The van der Waals surface area contributed by atoms with Gasteiger partial charge >= 0.3 is 0 Å². The molecule has 112 valence electrons. The molecule has 1 aromatic carbocycles. The van der Waals surface area contributed by atoms with Crippen LogP contribution in [0.3, 0.4) is 0 Å². The molecule has 3 N–H and O–H groups in total. The molecule has 20 heavy (non-hydrogen) atoms. The van der Waals surface area contributed by atoms with Gasteiger partial charge in [-0.2, -0.15) is 0 Å². The molecule has 0 amide bonds. The number of benzene rings is 1. The van der Waals surface area contributed by atoms with Gasteiger partial charge in [-0.25, -0.2) is 13.1 Å². The van der Waals surface area contributed by atoms with E-state index in [1.807, 2.05) is 6.07 Å². The summed E-state index contributed by atoms with van der Waals surface area (Å²) in [5.41, 5.74) is 7.19. The lowest BCUT2D eigenvalue weighted by atomic mass is 10.1. The first kappa shape index (κ1) is 15.4. The molecule has 1 heterocycles. The molecule has 0 bridgehead atoms. The number of rotatable bonds is 6. The van der Waals surface area contributed by atoms with Gasteiger partial charge in [-0.05, 0) is 43.4 Å². The van der Waals surface area contributed by atoms with E-state index in [9.17, 15) is 8.42 Å². The lowest BCUT2D eigenvalue weighted by Crippen LogP contribution is -2.28. The Morgan fingerprint density at radius 2 is 2.25 bits per heavy atom. The summed E-state index contributed by atoms with van der Waals surface area (Å²) in [5.74, 6) is 0. The second-order valence-electron chi connectivity index (χ2n) is 5.07. The van der Waals surface area contributed by atoms with Crippen LogP contribution in [0, 0.1) is 6.92 Å². The minimum Gasteiger partial charge on any atom is -0.378 e. The van der Waals surface area contributed by atoms with Crippen molar-refractivity contribution in [1.82, 2.24) is 4.72 Å². The molecule has 1 saturated heterocycles. The van der Waals surface area contributed by atoms with Crippen LogP contribution in [0.5, 0.6) is 0 Å². The fourth-order valence-electron chi connectivity index (χ4n) is 2.48. The summed E-state index contributed by atoms with van der Waals surface area (Å²) in [6.07, 6.45) is 2.99. The summed E-state index contributed by atoms with van der Waals surface area (Å²) in [5, 5.41) is 0. The molecule has 5 nitrogen and oxygen atoms in total. The molecule has 2 rings (SSSR count). The van der Waals surface area contributed by atoms with Crippen LogP contribution in [-0.2, 0) is 21.3 Å². The third kappa shape index (κ3) is 3.58. The summed E-state index contributed by atoms with van der Waals surface area (Å²) >= 11 is 0. The van der Waals surface area contributed by atoms with Crippen molar-refractivity contribution < 1.29 is 13.2 Å². The van der Waals surface area contributed by atoms with Crippen molar-refractivity contribution in [1.29, 1.82) is 0 Å². The highest BCUT2D eigenvalue weighted by Gasteiger charge is 2.20. The van der Waals surface area contributed by atoms with E-state index in [0.29, 0.717) is 18.0 Å². The lowest BCUT2D eigenvalue weighted by Gasteiger charge is -2.13. The average Bonchev–Trinajstić information content (AvgIpc) is 2.91. The molecule has 1 atom stereocenters. The fraction of sp³-hybridized carbons (Fsp3) is 0.571. The predicted octanol–water partition coefficient (Wildman–Crippen LogP) is 1.30. The zero-order chi connectivity index (χ0) is 14.6. The first-order chi connectivity index (χ1) is 9.54. The standard InChI is InChI=1S/C14H22N2O3S/c1-11-12(10-15)4-2-6-14(11)20(17,18)16-8-7-13-5-3-9-19-13/h2,4,6,13,16H,3,5,7-10,15H2,1H3. The third-order valence-corrected chi connectivity index (χ3v) is 5.29. The summed E-state index contributed by atoms with van der Waals surface area (Å²) in [4.78, 5) is 0.313. The molecular weight excluding hydrogens is 276 g/mol. The molecule has 1 fully saturated rings. The van der Waals surface area contributed by atoms with Gasteiger partial charge in [-0.15, -0.1) is 0 Å². The van der Waals surface area contributed by atoms with Crippen LogP contribution in [0.15, 0.2) is 23.1 Å². The van der Waals surface area contributed by atoms with E-state index >= 15 is 0 Å². The fourth-order valence-corrected chi connectivity index (χ4v) is 3.81. The summed E-state index contributed by atoms with van der Waals surface area (Å²) in [6, 6.07) is 5.19. The number of hydrogen-bond acceptors (Lipinski definition) is 4. The van der Waals surface area contributed by atoms with Crippen LogP contribution >= 0.6 is 0 Å². The van der Waals surface area contributed by atoms with Crippen molar-refractivity contribution in [2.75, 3.05) is 13.2 Å². The van der Waals surface area contributed by atoms with Crippen molar-refractivity contribution in [2.45, 2.75) is 43.7 Å². The van der Waals surface area contributed by atoms with E-state index in [4.69, 9.17) is 10.5 Å². The van der Waals surface area contributed by atoms with E-state index in [2.05, 4.69) is 4.72 Å². The van der Waals surface area contributed by atoms with E-state index in [1.165, 1.54) is 0 Å².